The molecule has 28 heavy (non-hydrogen) atoms. The van der Waals surface area contributed by atoms with Crippen LogP contribution in [0.1, 0.15) is 34.1 Å². The monoisotopic (exact) mass is 397 g/mol. The Morgan fingerprint density at radius 3 is 2.57 bits per heavy atom. The predicted molar refractivity (Wildman–Crippen MR) is 108 cm³/mol. The minimum Gasteiger partial charge on any atom is -0.399 e. The highest BCUT2D eigenvalue weighted by Crippen LogP contribution is 2.39. The van der Waals surface area contributed by atoms with Crippen molar-refractivity contribution in [3.63, 3.8) is 0 Å². The zero-order valence-electron chi connectivity index (χ0n) is 16.2. The number of aromatic nitrogens is 1. The van der Waals surface area contributed by atoms with E-state index in [1.54, 1.807) is 12.3 Å². The Morgan fingerprint density at radius 2 is 1.96 bits per heavy atom. The number of carbonyl (C=O) groups is 1. The van der Waals surface area contributed by atoms with E-state index in [0.717, 1.165) is 16.2 Å². The van der Waals surface area contributed by atoms with Crippen molar-refractivity contribution in [1.29, 1.82) is 5.26 Å². The number of pyridine rings is 1. The van der Waals surface area contributed by atoms with E-state index in [2.05, 4.69) is 16.4 Å². The van der Waals surface area contributed by atoms with E-state index in [1.165, 1.54) is 0 Å². The minimum absolute atomic E-state index is 0.174. The zero-order chi connectivity index (χ0) is 20.3. The first kappa shape index (κ1) is 19.2. The van der Waals surface area contributed by atoms with Crippen LogP contribution in [0.25, 0.3) is 10.8 Å². The molecule has 1 aliphatic heterocycles. The molecule has 0 spiro atoms. The molecule has 2 atom stereocenters. The van der Waals surface area contributed by atoms with E-state index in [-0.39, 0.29) is 17.7 Å². The van der Waals surface area contributed by atoms with Crippen LogP contribution in [0.4, 0.5) is 5.82 Å². The Balaban J connectivity index is 1.62. The average Bonchev–Trinajstić information content (AvgIpc) is 3.36. The van der Waals surface area contributed by atoms with Gasteiger partial charge in [-0.3, -0.25) is 4.79 Å². The van der Waals surface area contributed by atoms with Gasteiger partial charge in [-0.1, -0.05) is 17.7 Å². The number of carbonyl (C=O) groups excluding carboxylic acids is 1. The van der Waals surface area contributed by atoms with Gasteiger partial charge in [0.2, 0.25) is 5.91 Å². The summed E-state index contributed by atoms with van der Waals surface area (Å²) >= 11 is 6.46. The molecule has 1 saturated heterocycles. The van der Waals surface area contributed by atoms with Crippen LogP contribution in [0, 0.1) is 23.2 Å². The third kappa shape index (κ3) is 3.26. The second-order valence-electron chi connectivity index (χ2n) is 8.45. The summed E-state index contributed by atoms with van der Waals surface area (Å²) in [6, 6.07) is 7.66. The van der Waals surface area contributed by atoms with Gasteiger partial charge in [0.05, 0.1) is 29.1 Å². The van der Waals surface area contributed by atoms with E-state index in [0.29, 0.717) is 17.3 Å². The van der Waals surface area contributed by atoms with Crippen molar-refractivity contribution in [2.75, 3.05) is 5.32 Å². The van der Waals surface area contributed by atoms with Crippen molar-refractivity contribution in [2.24, 2.45) is 11.8 Å². The topological polar surface area (TPSA) is 84.2 Å². The highest BCUT2D eigenvalue weighted by Gasteiger charge is 2.51. The van der Waals surface area contributed by atoms with Crippen molar-refractivity contribution in [3.05, 3.63) is 29.4 Å². The van der Waals surface area contributed by atoms with Crippen molar-refractivity contribution in [2.45, 2.75) is 45.3 Å². The summed E-state index contributed by atoms with van der Waals surface area (Å²) in [5, 5.41) is 13.8. The molecule has 2 unspecified atom stereocenters. The molecule has 2 aliphatic rings. The maximum absolute atomic E-state index is 12.2. The highest BCUT2D eigenvalue weighted by molar-refractivity contribution is 6.63. The summed E-state index contributed by atoms with van der Waals surface area (Å²) < 4.78 is 12.2. The van der Waals surface area contributed by atoms with Crippen molar-refractivity contribution in [3.8, 4) is 6.07 Å². The average molecular weight is 398 g/mol. The Bertz CT molecular complexity index is 1000. The Hall–Kier alpha value is -2.14. The van der Waals surface area contributed by atoms with E-state index in [1.807, 2.05) is 39.8 Å². The number of nitrogens with one attached hydrogen (secondary N) is 1. The molecule has 1 aromatic heterocycles. The van der Waals surface area contributed by atoms with E-state index in [4.69, 9.17) is 26.2 Å². The number of hydrogen-bond donors (Lipinski definition) is 1. The van der Waals surface area contributed by atoms with E-state index >= 15 is 0 Å². The third-order valence-electron chi connectivity index (χ3n) is 5.88. The second kappa shape index (κ2) is 6.45. The molecule has 1 aliphatic carbocycles. The fraction of sp³-hybridized carbons (Fsp3) is 0.450. The highest BCUT2D eigenvalue weighted by atomic mass is 35.5. The van der Waals surface area contributed by atoms with Gasteiger partial charge in [0.25, 0.3) is 0 Å². The molecular weight excluding hydrogens is 377 g/mol. The number of hydrogen-bond acceptors (Lipinski definition) is 5. The predicted octanol–water partition coefficient (Wildman–Crippen LogP) is 3.29. The van der Waals surface area contributed by atoms with Crippen LogP contribution in [0.15, 0.2) is 24.4 Å². The molecule has 6 nitrogen and oxygen atoms in total. The fourth-order valence-electron chi connectivity index (χ4n) is 3.27. The molecule has 4 rings (SSSR count). The summed E-state index contributed by atoms with van der Waals surface area (Å²) in [6.45, 7) is 8.00. The molecule has 0 bridgehead atoms. The van der Waals surface area contributed by atoms with Crippen LogP contribution in [0.2, 0.25) is 5.02 Å². The van der Waals surface area contributed by atoms with Gasteiger partial charge in [-0.2, -0.15) is 5.26 Å². The molecule has 144 valence electrons. The van der Waals surface area contributed by atoms with Gasteiger partial charge in [-0.25, -0.2) is 4.98 Å². The SMILES string of the molecule is CC1(C)OB(c2cc(Cl)c3cnc(NC(=O)C4CC4C#N)cc3c2)OC1(C)C. The number of nitrogens with zero attached hydrogens (tertiary/aromatic N) is 2. The summed E-state index contributed by atoms with van der Waals surface area (Å²) in [5.41, 5.74) is -0.0814. The number of halogens is 1. The van der Waals surface area contributed by atoms with Crippen molar-refractivity contribution >= 4 is 46.7 Å². The lowest BCUT2D eigenvalue weighted by molar-refractivity contribution is -0.117. The van der Waals surface area contributed by atoms with Crippen molar-refractivity contribution < 1.29 is 14.1 Å². The second-order valence-corrected chi connectivity index (χ2v) is 8.86. The van der Waals surface area contributed by atoms with Gasteiger partial charge in [0.15, 0.2) is 0 Å². The van der Waals surface area contributed by atoms with Gasteiger partial charge < -0.3 is 14.6 Å². The molecular formula is C20H21BClN3O3. The number of anilines is 1. The van der Waals surface area contributed by atoms with E-state index < -0.39 is 18.3 Å². The standard InChI is InChI=1S/C20H21BClN3O3/c1-19(2)20(3,4)28-21(27-19)13-5-11-7-17(24-10-15(11)16(22)8-13)25-18(26)14-6-12(14)9-23/h5,7-8,10,12,14H,6H2,1-4H3,(H,24,25,26). The third-order valence-corrected chi connectivity index (χ3v) is 6.19. The molecule has 2 heterocycles. The van der Waals surface area contributed by atoms with Crippen LogP contribution in [-0.4, -0.2) is 29.2 Å². The molecule has 2 aromatic rings. The Kier molecular flexibility index (Phi) is 4.42. The molecule has 1 aromatic carbocycles. The first-order valence-corrected chi connectivity index (χ1v) is 9.64. The summed E-state index contributed by atoms with van der Waals surface area (Å²) in [6.07, 6.45) is 2.24. The normalized spacial score (nSPS) is 24.8. The molecule has 2 fully saturated rings. The lowest BCUT2D eigenvalue weighted by Gasteiger charge is -2.32. The molecule has 1 N–H and O–H groups in total. The first-order valence-electron chi connectivity index (χ1n) is 9.26. The van der Waals surface area contributed by atoms with Crippen molar-refractivity contribution in [1.82, 2.24) is 4.98 Å². The van der Waals surface area contributed by atoms with Crippen LogP contribution in [-0.2, 0) is 14.1 Å². The lowest BCUT2D eigenvalue weighted by atomic mass is 9.78. The minimum atomic E-state index is -0.527. The summed E-state index contributed by atoms with van der Waals surface area (Å²) in [7, 11) is -0.527. The Labute approximate surface area is 169 Å². The van der Waals surface area contributed by atoms with Gasteiger partial charge in [0, 0.05) is 16.6 Å². The first-order chi connectivity index (χ1) is 13.1. The quantitative estimate of drug-likeness (QED) is 0.803. The summed E-state index contributed by atoms with van der Waals surface area (Å²) in [4.78, 5) is 16.5. The molecule has 8 heteroatoms. The number of rotatable bonds is 3. The number of amides is 1. The van der Waals surface area contributed by atoms with E-state index in [9.17, 15) is 4.79 Å². The molecule has 0 radical (unpaired) electrons. The molecule has 1 amide bonds. The van der Waals surface area contributed by atoms with Gasteiger partial charge >= 0.3 is 7.12 Å². The summed E-state index contributed by atoms with van der Waals surface area (Å²) in [5.74, 6) is -0.179. The van der Waals surface area contributed by atoms with Crippen LogP contribution < -0.4 is 10.8 Å². The maximum atomic E-state index is 12.2. The van der Waals surface area contributed by atoms with Gasteiger partial charge in [0.1, 0.15) is 5.82 Å². The fourth-order valence-corrected chi connectivity index (χ4v) is 3.55. The smallest absolute Gasteiger partial charge is 0.399 e. The zero-order valence-corrected chi connectivity index (χ0v) is 17.0. The maximum Gasteiger partial charge on any atom is 0.494 e. The number of fused-ring (bicyclic) bond motifs is 1. The number of nitriles is 1. The number of benzene rings is 1. The van der Waals surface area contributed by atoms with Gasteiger partial charge in [-0.05, 0) is 57.1 Å². The largest absolute Gasteiger partial charge is 0.494 e. The molecule has 1 saturated carbocycles. The van der Waals surface area contributed by atoms with Gasteiger partial charge in [-0.15, -0.1) is 0 Å². The Morgan fingerprint density at radius 1 is 1.29 bits per heavy atom. The van der Waals surface area contributed by atoms with Crippen LogP contribution in [0.3, 0.4) is 0 Å². The van der Waals surface area contributed by atoms with Crippen LogP contribution in [0.5, 0.6) is 0 Å². The van der Waals surface area contributed by atoms with Crippen LogP contribution >= 0.6 is 11.6 Å². The lowest BCUT2D eigenvalue weighted by Crippen LogP contribution is -2.41.